The number of rotatable bonds is 6. The highest BCUT2D eigenvalue weighted by atomic mass is 16.8. The number of ether oxygens (including phenoxy) is 5. The monoisotopic (exact) mass is 482 g/mol. The third-order valence-corrected chi connectivity index (χ3v) is 6.94. The van der Waals surface area contributed by atoms with Crippen LogP contribution in [0.2, 0.25) is 0 Å². The number of hydrogen-bond acceptors (Lipinski definition) is 12. The molecule has 1 aliphatic carbocycles. The first-order valence-corrected chi connectivity index (χ1v) is 10.9. The molecule has 0 unspecified atom stereocenters. The fourth-order valence-electron chi connectivity index (χ4n) is 5.08. The number of esters is 1. The lowest BCUT2D eigenvalue weighted by atomic mass is 9.85. The zero-order valence-electron chi connectivity index (χ0n) is 17.8. The molecule has 186 valence electrons. The summed E-state index contributed by atoms with van der Waals surface area (Å²) in [5, 5.41) is 59.3. The van der Waals surface area contributed by atoms with Gasteiger partial charge in [-0.3, -0.25) is 0 Å². The van der Waals surface area contributed by atoms with E-state index in [9.17, 15) is 35.4 Å². The van der Waals surface area contributed by atoms with Crippen LogP contribution in [0.1, 0.15) is 10.4 Å². The normalized spacial score (nSPS) is 44.6. The lowest BCUT2D eigenvalue weighted by Crippen LogP contribution is -2.60. The smallest absolute Gasteiger partial charge is 0.338 e. The molecule has 3 heterocycles. The number of aromatic hydroxyl groups is 1. The first-order chi connectivity index (χ1) is 16.3. The molecule has 1 aromatic carbocycles. The predicted octanol–water partition coefficient (Wildman–Crippen LogP) is -2.02. The number of aliphatic hydroxyl groups excluding tert-OH is 5. The van der Waals surface area contributed by atoms with E-state index >= 15 is 0 Å². The van der Waals surface area contributed by atoms with Crippen LogP contribution in [0.3, 0.4) is 0 Å². The summed E-state index contributed by atoms with van der Waals surface area (Å²) in [6.45, 7) is -1.04. The maximum absolute atomic E-state index is 12.7. The summed E-state index contributed by atoms with van der Waals surface area (Å²) < 4.78 is 28.3. The molecular weight excluding hydrogens is 456 g/mol. The van der Waals surface area contributed by atoms with Crippen LogP contribution < -0.4 is 0 Å². The van der Waals surface area contributed by atoms with Crippen LogP contribution in [-0.2, 0) is 23.7 Å². The molecule has 11 atom stereocenters. The van der Waals surface area contributed by atoms with Crippen molar-refractivity contribution in [3.05, 3.63) is 42.2 Å². The molecule has 0 amide bonds. The van der Waals surface area contributed by atoms with E-state index < -0.39 is 85.8 Å². The number of aliphatic hydroxyl groups is 5. The summed E-state index contributed by atoms with van der Waals surface area (Å²) in [5.41, 5.74) is -0.907. The van der Waals surface area contributed by atoms with E-state index in [1.165, 1.54) is 30.5 Å². The number of phenolic OH excluding ortho intramolecular Hbond substituents is 1. The highest BCUT2D eigenvalue weighted by Crippen LogP contribution is 2.60. The van der Waals surface area contributed by atoms with Crippen LogP contribution in [0.15, 0.2) is 36.6 Å². The van der Waals surface area contributed by atoms with Crippen molar-refractivity contribution in [1.82, 2.24) is 0 Å². The average Bonchev–Trinajstić information content (AvgIpc) is 3.52. The lowest BCUT2D eigenvalue weighted by Gasteiger charge is -2.43. The number of epoxide rings is 1. The largest absolute Gasteiger partial charge is 0.508 e. The quantitative estimate of drug-likeness (QED) is 0.193. The second kappa shape index (κ2) is 8.73. The Labute approximate surface area is 193 Å². The second-order valence-electron chi connectivity index (χ2n) is 8.84. The van der Waals surface area contributed by atoms with Gasteiger partial charge in [-0.2, -0.15) is 0 Å². The summed E-state index contributed by atoms with van der Waals surface area (Å²) >= 11 is 0. The van der Waals surface area contributed by atoms with Crippen molar-refractivity contribution in [2.24, 2.45) is 11.8 Å². The first kappa shape index (κ1) is 23.5. The molecule has 12 nitrogen and oxygen atoms in total. The van der Waals surface area contributed by atoms with Gasteiger partial charge in [0, 0.05) is 5.92 Å². The molecule has 1 saturated carbocycles. The maximum atomic E-state index is 12.7. The molecule has 0 spiro atoms. The van der Waals surface area contributed by atoms with Crippen LogP contribution >= 0.6 is 0 Å². The molecule has 34 heavy (non-hydrogen) atoms. The van der Waals surface area contributed by atoms with Gasteiger partial charge in [0.2, 0.25) is 6.29 Å². The van der Waals surface area contributed by atoms with Crippen molar-refractivity contribution in [1.29, 1.82) is 0 Å². The Bertz CT molecular complexity index is 934. The van der Waals surface area contributed by atoms with Crippen molar-refractivity contribution in [2.75, 3.05) is 13.2 Å². The van der Waals surface area contributed by atoms with E-state index in [4.69, 9.17) is 23.7 Å². The van der Waals surface area contributed by atoms with Gasteiger partial charge in [0.1, 0.15) is 48.0 Å². The SMILES string of the molecule is O=C(O[C@H]1[C@@H]2C=CO[C@@H](O[C@@H]3O[C@H](CO)[C@@H](O)[C@H](O)[C@H]3O)[C@@H]2[C@]2(CO)O[C@@H]12)c1ccc(O)cc1. The Morgan fingerprint density at radius 3 is 2.44 bits per heavy atom. The zero-order valence-corrected chi connectivity index (χ0v) is 17.8. The van der Waals surface area contributed by atoms with Crippen LogP contribution in [0.25, 0.3) is 0 Å². The fourth-order valence-corrected chi connectivity index (χ4v) is 5.08. The third kappa shape index (κ3) is 3.67. The number of carbonyl (C=O) groups is 1. The van der Waals surface area contributed by atoms with Crippen molar-refractivity contribution in [2.45, 2.75) is 54.8 Å². The molecule has 3 fully saturated rings. The number of fused-ring (bicyclic) bond motifs is 3. The van der Waals surface area contributed by atoms with Crippen LogP contribution in [0.4, 0.5) is 0 Å². The molecular formula is C22H26O12. The third-order valence-electron chi connectivity index (χ3n) is 6.94. The van der Waals surface area contributed by atoms with Crippen molar-refractivity contribution in [3.8, 4) is 5.75 Å². The molecule has 2 saturated heterocycles. The zero-order chi connectivity index (χ0) is 24.2. The van der Waals surface area contributed by atoms with E-state index in [-0.39, 0.29) is 11.3 Å². The van der Waals surface area contributed by atoms with E-state index in [2.05, 4.69) is 0 Å². The van der Waals surface area contributed by atoms with Crippen LogP contribution in [-0.4, -0.2) is 105 Å². The summed E-state index contributed by atoms with van der Waals surface area (Å²) in [7, 11) is 0. The van der Waals surface area contributed by atoms with E-state index in [1.807, 2.05) is 0 Å². The Hall–Kier alpha value is -2.29. The average molecular weight is 482 g/mol. The summed E-state index contributed by atoms with van der Waals surface area (Å²) in [6.07, 6.45) is -6.99. The number of carbonyl (C=O) groups excluding carboxylic acids is 1. The fraction of sp³-hybridized carbons (Fsp3) is 0.591. The Balaban J connectivity index is 1.34. The van der Waals surface area contributed by atoms with E-state index in [0.29, 0.717) is 0 Å². The minimum atomic E-state index is -1.64. The predicted molar refractivity (Wildman–Crippen MR) is 108 cm³/mol. The van der Waals surface area contributed by atoms with Gasteiger partial charge in [-0.25, -0.2) is 4.79 Å². The molecule has 0 radical (unpaired) electrons. The van der Waals surface area contributed by atoms with E-state index in [0.717, 1.165) is 0 Å². The van der Waals surface area contributed by atoms with Gasteiger partial charge < -0.3 is 54.3 Å². The molecule has 5 rings (SSSR count). The summed E-state index contributed by atoms with van der Waals surface area (Å²) in [6, 6.07) is 5.56. The lowest BCUT2D eigenvalue weighted by molar-refractivity contribution is -0.344. The standard InChI is InChI=1S/C22H26O12/c23-7-12-14(26)15(27)16(28)21(31-12)33-20-13-11(5-6-30-20)17(18-22(13,8-24)34-18)32-19(29)9-1-3-10(25)4-2-9/h1-6,11-18,20-21,23-28H,7-8H2/t11-,12-,13-,14-,15+,16-,17+,18+,20+,21+,22+/m1/s1. The number of hydrogen-bond donors (Lipinski definition) is 6. The van der Waals surface area contributed by atoms with Crippen molar-refractivity contribution >= 4 is 5.97 Å². The van der Waals surface area contributed by atoms with Gasteiger partial charge >= 0.3 is 5.97 Å². The van der Waals surface area contributed by atoms with Gasteiger partial charge in [-0.15, -0.1) is 0 Å². The van der Waals surface area contributed by atoms with Crippen LogP contribution in [0.5, 0.6) is 5.75 Å². The Kier molecular flexibility index (Phi) is 6.02. The molecule has 0 aromatic heterocycles. The molecule has 3 aliphatic heterocycles. The van der Waals surface area contributed by atoms with Gasteiger partial charge in [-0.1, -0.05) is 0 Å². The van der Waals surface area contributed by atoms with E-state index in [1.54, 1.807) is 6.08 Å². The molecule has 12 heteroatoms. The minimum Gasteiger partial charge on any atom is -0.508 e. The van der Waals surface area contributed by atoms with Crippen LogP contribution in [0, 0.1) is 11.8 Å². The number of benzene rings is 1. The van der Waals surface area contributed by atoms with Gasteiger partial charge in [0.25, 0.3) is 0 Å². The Morgan fingerprint density at radius 1 is 1.03 bits per heavy atom. The maximum Gasteiger partial charge on any atom is 0.338 e. The second-order valence-corrected chi connectivity index (χ2v) is 8.84. The first-order valence-electron chi connectivity index (χ1n) is 10.9. The molecule has 0 bridgehead atoms. The van der Waals surface area contributed by atoms with Gasteiger partial charge in [-0.05, 0) is 30.3 Å². The highest BCUT2D eigenvalue weighted by Gasteiger charge is 2.77. The molecule has 1 aromatic rings. The van der Waals surface area contributed by atoms with Gasteiger partial charge in [0.05, 0.1) is 31.0 Å². The van der Waals surface area contributed by atoms with Crippen molar-refractivity contribution in [3.63, 3.8) is 0 Å². The van der Waals surface area contributed by atoms with Gasteiger partial charge in [0.15, 0.2) is 6.29 Å². The molecule has 4 aliphatic rings. The number of phenols is 1. The molecule has 6 N–H and O–H groups in total. The minimum absolute atomic E-state index is 0.00264. The van der Waals surface area contributed by atoms with Crippen molar-refractivity contribution < 1.29 is 59.1 Å². The highest BCUT2D eigenvalue weighted by molar-refractivity contribution is 5.89. The topological polar surface area (TPSA) is 188 Å². The summed E-state index contributed by atoms with van der Waals surface area (Å²) in [4.78, 5) is 12.7. The summed E-state index contributed by atoms with van der Waals surface area (Å²) in [5.74, 6) is -1.78. The Morgan fingerprint density at radius 2 is 1.76 bits per heavy atom.